The van der Waals surface area contributed by atoms with Gasteiger partial charge in [-0.2, -0.15) is 0 Å². The molecular weight excluding hydrogens is 790 g/mol. The van der Waals surface area contributed by atoms with Crippen LogP contribution in [0.25, 0.3) is 10.9 Å². The van der Waals surface area contributed by atoms with Crippen LogP contribution in [0.2, 0.25) is 0 Å². The van der Waals surface area contributed by atoms with E-state index in [2.05, 4.69) is 42.2 Å². The zero-order chi connectivity index (χ0) is 41.1. The van der Waals surface area contributed by atoms with Gasteiger partial charge in [0.25, 0.3) is 0 Å². The van der Waals surface area contributed by atoms with Crippen LogP contribution in [0.1, 0.15) is 57.7 Å². The average molecular weight is 841 g/mol. The number of anilines is 1. The second-order valence-corrected chi connectivity index (χ2v) is 16.1. The maximum Gasteiger partial charge on any atom is 0.408 e. The Morgan fingerprint density at radius 1 is 0.737 bits per heavy atom. The van der Waals surface area contributed by atoms with Crippen molar-refractivity contribution in [2.75, 3.05) is 5.32 Å². The number of phenols is 1. The number of H-pyrrole nitrogens is 1. The summed E-state index contributed by atoms with van der Waals surface area (Å²) in [4.78, 5) is 58.4. The van der Waals surface area contributed by atoms with Gasteiger partial charge >= 0.3 is 6.09 Å². The molecule has 5 aromatic rings. The number of hydrogen-bond donors (Lipinski definition) is 6. The smallest absolute Gasteiger partial charge is 0.408 e. The first-order chi connectivity index (χ1) is 27.1. The lowest BCUT2D eigenvalue weighted by atomic mass is 9.99. The van der Waals surface area contributed by atoms with Gasteiger partial charge in [0.2, 0.25) is 17.7 Å². The minimum absolute atomic E-state index is 0.0306. The van der Waals surface area contributed by atoms with Gasteiger partial charge in [0.1, 0.15) is 41.8 Å². The molecule has 0 bridgehead atoms. The molecule has 0 radical (unpaired) electrons. The third kappa shape index (κ3) is 12.9. The van der Waals surface area contributed by atoms with Gasteiger partial charge in [-0.15, -0.1) is 0 Å². The number of carbonyl (C=O) groups is 4. The molecular formula is C44H50BrN5O7. The van der Waals surface area contributed by atoms with Crippen LogP contribution in [0.15, 0.2) is 108 Å². The standard InChI is InChI=1S/C44H50BrN5O7/c1-27(2)22-36(41(53)49-38(40(52)47-31-16-18-32(51)19-17-31)24-30-25-46-39-34(30)12-9-13-35(39)45)48-42(54)37(50-43(55)57-44(3,4)5)23-28-14-20-33(21-15-28)56-26-29-10-7-6-8-11-29/h6-21,25,27,36-38,46,51H,22-24,26H2,1-5H3,(H,47,52)(H,48,54)(H,49,53)(H,50,55)/t36-,37-,38-/m0/s1. The summed E-state index contributed by atoms with van der Waals surface area (Å²) in [5, 5.41) is 21.9. The summed E-state index contributed by atoms with van der Waals surface area (Å²) >= 11 is 3.56. The Labute approximate surface area is 341 Å². The van der Waals surface area contributed by atoms with E-state index < -0.39 is 47.5 Å². The Kier molecular flexibility index (Phi) is 14.4. The molecule has 12 nitrogen and oxygen atoms in total. The van der Waals surface area contributed by atoms with Crippen molar-refractivity contribution in [3.63, 3.8) is 0 Å². The van der Waals surface area contributed by atoms with E-state index in [1.165, 1.54) is 12.1 Å². The van der Waals surface area contributed by atoms with Crippen molar-refractivity contribution >= 4 is 56.3 Å². The van der Waals surface area contributed by atoms with E-state index in [0.717, 1.165) is 32.1 Å². The highest BCUT2D eigenvalue weighted by atomic mass is 79.9. The van der Waals surface area contributed by atoms with Crippen molar-refractivity contribution in [3.8, 4) is 11.5 Å². The minimum atomic E-state index is -1.11. The number of alkyl carbamates (subject to hydrolysis) is 1. The Balaban J connectivity index is 1.35. The molecule has 0 saturated carbocycles. The Bertz CT molecular complexity index is 2130. The van der Waals surface area contributed by atoms with Gasteiger partial charge in [-0.25, -0.2) is 4.79 Å². The summed E-state index contributed by atoms with van der Waals surface area (Å²) in [5.74, 6) is -1.01. The van der Waals surface area contributed by atoms with E-state index in [0.29, 0.717) is 18.0 Å². The number of fused-ring (bicyclic) bond motifs is 1. The molecule has 0 aliphatic rings. The number of nitrogens with one attached hydrogen (secondary N) is 5. The molecule has 0 aliphatic carbocycles. The largest absolute Gasteiger partial charge is 0.508 e. The molecule has 6 N–H and O–H groups in total. The number of halogens is 1. The van der Waals surface area contributed by atoms with Gasteiger partial charge < -0.3 is 40.8 Å². The monoisotopic (exact) mass is 839 g/mol. The van der Waals surface area contributed by atoms with E-state index in [4.69, 9.17) is 9.47 Å². The lowest BCUT2D eigenvalue weighted by molar-refractivity contribution is -0.132. The van der Waals surface area contributed by atoms with E-state index in [1.807, 2.05) is 74.5 Å². The van der Waals surface area contributed by atoms with E-state index in [9.17, 15) is 24.3 Å². The molecule has 3 atom stereocenters. The van der Waals surface area contributed by atoms with Crippen molar-refractivity contribution < 1.29 is 33.8 Å². The molecule has 13 heteroatoms. The van der Waals surface area contributed by atoms with E-state index in [1.54, 1.807) is 51.2 Å². The Morgan fingerprint density at radius 2 is 1.39 bits per heavy atom. The fraction of sp³-hybridized carbons (Fsp3) is 0.318. The summed E-state index contributed by atoms with van der Waals surface area (Å²) in [6.07, 6.45) is 1.48. The van der Waals surface area contributed by atoms with Crippen LogP contribution in [0.4, 0.5) is 10.5 Å². The van der Waals surface area contributed by atoms with Crippen molar-refractivity contribution in [2.24, 2.45) is 5.92 Å². The second kappa shape index (κ2) is 19.4. The van der Waals surface area contributed by atoms with Crippen LogP contribution in [0.5, 0.6) is 11.5 Å². The number of amides is 4. The zero-order valence-electron chi connectivity index (χ0n) is 32.7. The molecule has 5 rings (SSSR count). The summed E-state index contributed by atoms with van der Waals surface area (Å²) in [6.45, 7) is 9.41. The summed E-state index contributed by atoms with van der Waals surface area (Å²) in [5.41, 5.74) is 3.01. The molecule has 4 amide bonds. The predicted octanol–water partition coefficient (Wildman–Crippen LogP) is 7.55. The molecule has 0 saturated heterocycles. The van der Waals surface area contributed by atoms with Crippen molar-refractivity contribution in [1.82, 2.24) is 20.9 Å². The third-order valence-electron chi connectivity index (χ3n) is 8.90. The second-order valence-electron chi connectivity index (χ2n) is 15.3. The molecule has 1 aromatic heterocycles. The lowest BCUT2D eigenvalue weighted by Gasteiger charge is -2.27. The number of ether oxygens (including phenoxy) is 2. The zero-order valence-corrected chi connectivity index (χ0v) is 34.3. The molecule has 0 spiro atoms. The third-order valence-corrected chi connectivity index (χ3v) is 9.56. The highest BCUT2D eigenvalue weighted by Crippen LogP contribution is 2.27. The number of benzene rings is 4. The number of phenolic OH excluding ortho intramolecular Hbond substituents is 1. The highest BCUT2D eigenvalue weighted by Gasteiger charge is 2.32. The van der Waals surface area contributed by atoms with Gasteiger partial charge in [-0.3, -0.25) is 14.4 Å². The van der Waals surface area contributed by atoms with Gasteiger partial charge in [-0.1, -0.05) is 68.4 Å². The first-order valence-corrected chi connectivity index (χ1v) is 19.6. The molecule has 0 aliphatic heterocycles. The summed E-state index contributed by atoms with van der Waals surface area (Å²) < 4.78 is 12.3. The number of carbonyl (C=O) groups excluding carboxylic acids is 4. The van der Waals surface area contributed by atoms with Gasteiger partial charge in [0.15, 0.2) is 0 Å². The van der Waals surface area contributed by atoms with Crippen molar-refractivity contribution in [3.05, 3.63) is 124 Å². The molecule has 0 fully saturated rings. The maximum atomic E-state index is 14.2. The van der Waals surface area contributed by atoms with Crippen molar-refractivity contribution in [2.45, 2.75) is 84.2 Å². The molecule has 57 heavy (non-hydrogen) atoms. The number of aromatic amines is 1. The predicted molar refractivity (Wildman–Crippen MR) is 224 cm³/mol. The highest BCUT2D eigenvalue weighted by molar-refractivity contribution is 9.10. The number of aromatic hydroxyl groups is 1. The van der Waals surface area contributed by atoms with Crippen LogP contribution in [-0.4, -0.2) is 57.6 Å². The van der Waals surface area contributed by atoms with Crippen LogP contribution in [0, 0.1) is 5.92 Å². The normalized spacial score (nSPS) is 13.0. The van der Waals surface area contributed by atoms with Crippen LogP contribution < -0.4 is 26.0 Å². The van der Waals surface area contributed by atoms with Gasteiger partial charge in [0, 0.05) is 34.6 Å². The molecule has 4 aromatic carbocycles. The fourth-order valence-corrected chi connectivity index (χ4v) is 6.63. The fourth-order valence-electron chi connectivity index (χ4n) is 6.15. The van der Waals surface area contributed by atoms with Crippen LogP contribution in [-0.2, 0) is 38.6 Å². The average Bonchev–Trinajstić information content (AvgIpc) is 3.57. The topological polar surface area (TPSA) is 171 Å². The number of rotatable bonds is 16. The summed E-state index contributed by atoms with van der Waals surface area (Å²) in [6, 6.07) is 25.5. The van der Waals surface area contributed by atoms with Crippen LogP contribution in [0.3, 0.4) is 0 Å². The lowest BCUT2D eigenvalue weighted by Crippen LogP contribution is -2.57. The molecule has 0 unspecified atom stereocenters. The number of para-hydroxylation sites is 1. The van der Waals surface area contributed by atoms with E-state index in [-0.39, 0.29) is 30.9 Å². The summed E-state index contributed by atoms with van der Waals surface area (Å²) in [7, 11) is 0. The minimum Gasteiger partial charge on any atom is -0.508 e. The molecule has 1 heterocycles. The first-order valence-electron chi connectivity index (χ1n) is 18.8. The quantitative estimate of drug-likeness (QED) is 0.0558. The van der Waals surface area contributed by atoms with Gasteiger partial charge in [0.05, 0.1) is 5.52 Å². The van der Waals surface area contributed by atoms with Crippen LogP contribution >= 0.6 is 15.9 Å². The maximum absolute atomic E-state index is 14.2. The Morgan fingerprint density at radius 3 is 2.05 bits per heavy atom. The number of aromatic nitrogens is 1. The SMILES string of the molecule is CC(C)C[C@H](NC(=O)[C@H](Cc1ccc(OCc2ccccc2)cc1)NC(=O)OC(C)(C)C)C(=O)N[C@@H](Cc1c[nH]c2c(Br)cccc12)C(=O)Nc1ccc(O)cc1. The number of hydrogen-bond acceptors (Lipinski definition) is 7. The first kappa shape index (κ1) is 42.3. The van der Waals surface area contributed by atoms with Crippen molar-refractivity contribution in [1.29, 1.82) is 0 Å². The molecule has 300 valence electrons. The van der Waals surface area contributed by atoms with Gasteiger partial charge in [-0.05, 0) is 108 Å². The Hall–Kier alpha value is -5.82. The van der Waals surface area contributed by atoms with E-state index >= 15 is 0 Å².